The van der Waals surface area contributed by atoms with E-state index in [2.05, 4.69) is 51.1 Å². The Morgan fingerprint density at radius 3 is 2.74 bits per heavy atom. The van der Waals surface area contributed by atoms with Crippen molar-refractivity contribution in [1.82, 2.24) is 24.4 Å². The van der Waals surface area contributed by atoms with Crippen molar-refractivity contribution in [3.05, 3.63) is 61.0 Å². The van der Waals surface area contributed by atoms with E-state index in [1.54, 1.807) is 16.2 Å². The molecule has 3 aromatic rings. The van der Waals surface area contributed by atoms with E-state index < -0.39 is 11.2 Å². The first-order valence-corrected chi connectivity index (χ1v) is 9.89. The molecule has 144 valence electrons. The molecule has 0 fully saturated rings. The first-order chi connectivity index (χ1) is 12.9. The third-order valence-electron chi connectivity index (χ3n) is 4.78. The van der Waals surface area contributed by atoms with Gasteiger partial charge in [-0.25, -0.2) is 9.78 Å². The lowest BCUT2D eigenvalue weighted by Gasteiger charge is -2.15. The van der Waals surface area contributed by atoms with Crippen molar-refractivity contribution in [1.29, 1.82) is 0 Å². The van der Waals surface area contributed by atoms with E-state index in [1.165, 1.54) is 0 Å². The van der Waals surface area contributed by atoms with Crippen LogP contribution in [-0.4, -0.2) is 19.1 Å². The van der Waals surface area contributed by atoms with Crippen LogP contribution in [0, 0.1) is 0 Å². The van der Waals surface area contributed by atoms with E-state index in [-0.39, 0.29) is 6.04 Å². The van der Waals surface area contributed by atoms with Gasteiger partial charge in [0, 0.05) is 24.1 Å². The lowest BCUT2D eigenvalue weighted by molar-refractivity contribution is 0.549. The van der Waals surface area contributed by atoms with Gasteiger partial charge in [-0.1, -0.05) is 47.5 Å². The summed E-state index contributed by atoms with van der Waals surface area (Å²) in [6.45, 7) is 5.16. The van der Waals surface area contributed by atoms with Gasteiger partial charge >= 0.3 is 5.69 Å². The van der Waals surface area contributed by atoms with Crippen LogP contribution in [0.15, 0.2) is 38.3 Å². The number of nitrogens with zero attached hydrogens (tertiary/aromatic N) is 3. The summed E-state index contributed by atoms with van der Waals surface area (Å²) in [5, 5.41) is 3.44. The summed E-state index contributed by atoms with van der Waals surface area (Å²) in [6, 6.07) is 8.14. The topological polar surface area (TPSA) is 84.7 Å². The molecule has 0 aliphatic rings. The van der Waals surface area contributed by atoms with Crippen LogP contribution in [0.5, 0.6) is 0 Å². The predicted molar refractivity (Wildman–Crippen MR) is 110 cm³/mol. The maximum atomic E-state index is 12.3. The number of aromatic nitrogens is 4. The molecule has 3 rings (SSSR count). The number of unbranched alkanes of at least 4 members (excludes halogenated alkanes) is 1. The zero-order valence-electron chi connectivity index (χ0n) is 15.8. The van der Waals surface area contributed by atoms with Gasteiger partial charge in [-0.3, -0.25) is 14.3 Å². The van der Waals surface area contributed by atoms with Gasteiger partial charge in [0.15, 0.2) is 11.2 Å². The fourth-order valence-corrected chi connectivity index (χ4v) is 3.78. The summed E-state index contributed by atoms with van der Waals surface area (Å²) in [5.74, 6) is 0.713. The number of nitrogens with one attached hydrogen (secondary N) is 2. The fourth-order valence-electron chi connectivity index (χ4n) is 3.15. The number of aryl methyl sites for hydroxylation is 2. The third kappa shape index (κ3) is 3.91. The molecular weight excluding hydrogens is 410 g/mol. The van der Waals surface area contributed by atoms with Crippen molar-refractivity contribution in [2.45, 2.75) is 45.8 Å². The molecule has 0 aliphatic carbocycles. The first kappa shape index (κ1) is 19.6. The van der Waals surface area contributed by atoms with Gasteiger partial charge in [0.25, 0.3) is 5.56 Å². The molecule has 0 spiro atoms. The van der Waals surface area contributed by atoms with Crippen LogP contribution < -0.4 is 16.6 Å². The summed E-state index contributed by atoms with van der Waals surface area (Å²) in [6.07, 6.45) is 1.81. The van der Waals surface area contributed by atoms with Crippen molar-refractivity contribution in [2.75, 3.05) is 0 Å². The van der Waals surface area contributed by atoms with E-state index >= 15 is 0 Å². The highest BCUT2D eigenvalue weighted by Crippen LogP contribution is 2.23. The molecule has 0 radical (unpaired) electrons. The third-order valence-corrected chi connectivity index (χ3v) is 5.50. The second kappa shape index (κ2) is 8.22. The molecule has 0 aliphatic heterocycles. The lowest BCUT2D eigenvalue weighted by Crippen LogP contribution is -2.31. The van der Waals surface area contributed by atoms with Crippen molar-refractivity contribution < 1.29 is 0 Å². The Hall–Kier alpha value is -2.19. The number of fused-ring (bicyclic) bond motifs is 1. The summed E-state index contributed by atoms with van der Waals surface area (Å²) in [4.78, 5) is 31.5. The van der Waals surface area contributed by atoms with Crippen LogP contribution in [0.2, 0.25) is 0 Å². The van der Waals surface area contributed by atoms with Gasteiger partial charge in [-0.05, 0) is 25.0 Å². The Morgan fingerprint density at radius 2 is 2.04 bits per heavy atom. The molecule has 0 amide bonds. The number of hydrogen-bond donors (Lipinski definition) is 2. The monoisotopic (exact) mass is 433 g/mol. The Labute approximate surface area is 165 Å². The average Bonchev–Trinajstić information content (AvgIpc) is 2.97. The zero-order valence-corrected chi connectivity index (χ0v) is 17.3. The van der Waals surface area contributed by atoms with Gasteiger partial charge in [0.1, 0.15) is 5.82 Å². The molecule has 7 nitrogen and oxygen atoms in total. The summed E-state index contributed by atoms with van der Waals surface area (Å²) in [5.41, 5.74) is 1.22. The number of rotatable bonds is 7. The van der Waals surface area contributed by atoms with Crippen molar-refractivity contribution >= 4 is 27.1 Å². The van der Waals surface area contributed by atoms with Gasteiger partial charge in [-0.15, -0.1) is 0 Å². The highest BCUT2D eigenvalue weighted by molar-refractivity contribution is 9.10. The number of halogens is 1. The van der Waals surface area contributed by atoms with Gasteiger partial charge in [0.05, 0.1) is 6.54 Å². The molecule has 1 atom stereocenters. The molecule has 0 saturated carbocycles. The van der Waals surface area contributed by atoms with Crippen LogP contribution in [0.25, 0.3) is 11.2 Å². The van der Waals surface area contributed by atoms with E-state index in [1.807, 2.05) is 18.2 Å². The second-order valence-electron chi connectivity index (χ2n) is 6.65. The highest BCUT2D eigenvalue weighted by Gasteiger charge is 2.17. The van der Waals surface area contributed by atoms with E-state index in [9.17, 15) is 9.59 Å². The SMILES string of the molecule is CCCCn1c(=O)[nH]c(=O)c2c1nc(CNC(C)c1ccccc1Br)n2C. The summed E-state index contributed by atoms with van der Waals surface area (Å²) >= 11 is 3.57. The number of benzene rings is 1. The molecule has 2 N–H and O–H groups in total. The zero-order chi connectivity index (χ0) is 19.6. The van der Waals surface area contributed by atoms with Crippen molar-refractivity contribution in [2.24, 2.45) is 7.05 Å². The summed E-state index contributed by atoms with van der Waals surface area (Å²) < 4.78 is 4.36. The maximum absolute atomic E-state index is 12.3. The summed E-state index contributed by atoms with van der Waals surface area (Å²) in [7, 11) is 1.80. The molecule has 0 bridgehead atoms. The Kier molecular flexibility index (Phi) is 5.96. The Balaban J connectivity index is 1.92. The number of aromatic amines is 1. The standard InChI is InChI=1S/C19H24BrN5O2/c1-4-5-10-25-17-16(18(26)23-19(25)27)24(3)15(22-17)11-21-12(2)13-8-6-7-9-14(13)20/h6-9,12,21H,4-5,10-11H2,1-3H3,(H,23,26,27). The van der Waals surface area contributed by atoms with Gasteiger partial charge < -0.3 is 9.88 Å². The number of imidazole rings is 1. The lowest BCUT2D eigenvalue weighted by atomic mass is 10.1. The van der Waals surface area contributed by atoms with Crippen LogP contribution in [0.4, 0.5) is 0 Å². The fraction of sp³-hybridized carbons (Fsp3) is 0.421. The minimum absolute atomic E-state index is 0.0981. The Bertz CT molecular complexity index is 1070. The smallest absolute Gasteiger partial charge is 0.324 e. The van der Waals surface area contributed by atoms with E-state index in [4.69, 9.17) is 0 Å². The largest absolute Gasteiger partial charge is 0.330 e. The normalized spacial score (nSPS) is 12.6. The van der Waals surface area contributed by atoms with Crippen LogP contribution >= 0.6 is 15.9 Å². The molecule has 0 saturated heterocycles. The minimum atomic E-state index is -0.403. The second-order valence-corrected chi connectivity index (χ2v) is 7.50. The van der Waals surface area contributed by atoms with Gasteiger partial charge in [0.2, 0.25) is 0 Å². The van der Waals surface area contributed by atoms with Crippen LogP contribution in [-0.2, 0) is 20.1 Å². The van der Waals surface area contributed by atoms with E-state index in [0.717, 1.165) is 22.9 Å². The average molecular weight is 434 g/mol. The molecule has 1 aromatic carbocycles. The van der Waals surface area contributed by atoms with Crippen molar-refractivity contribution in [3.8, 4) is 0 Å². The quantitative estimate of drug-likeness (QED) is 0.599. The van der Waals surface area contributed by atoms with E-state index in [0.29, 0.717) is 30.1 Å². The number of hydrogen-bond acceptors (Lipinski definition) is 4. The molecule has 2 heterocycles. The highest BCUT2D eigenvalue weighted by atomic mass is 79.9. The minimum Gasteiger partial charge on any atom is -0.324 e. The Morgan fingerprint density at radius 1 is 1.30 bits per heavy atom. The molecule has 1 unspecified atom stereocenters. The first-order valence-electron chi connectivity index (χ1n) is 9.10. The van der Waals surface area contributed by atoms with Gasteiger partial charge in [-0.2, -0.15) is 0 Å². The molecular formula is C19H24BrN5O2. The van der Waals surface area contributed by atoms with Crippen molar-refractivity contribution in [3.63, 3.8) is 0 Å². The molecule has 27 heavy (non-hydrogen) atoms. The predicted octanol–water partition coefficient (Wildman–Crippen LogP) is 2.84. The maximum Gasteiger partial charge on any atom is 0.330 e. The molecule has 2 aromatic heterocycles. The molecule has 8 heteroatoms. The van der Waals surface area contributed by atoms with Crippen LogP contribution in [0.1, 0.15) is 44.1 Å². The van der Waals surface area contributed by atoms with Crippen LogP contribution in [0.3, 0.4) is 0 Å². The number of H-pyrrole nitrogens is 1.